The van der Waals surface area contributed by atoms with Crippen molar-refractivity contribution < 1.29 is 19.1 Å². The topological polar surface area (TPSA) is 55.8 Å². The number of hydrogen-bond donors (Lipinski definition) is 0. The fourth-order valence-corrected chi connectivity index (χ4v) is 3.91. The number of rotatable bonds is 6. The van der Waals surface area contributed by atoms with Crippen LogP contribution in [0, 0.1) is 0 Å². The average molecular weight is 383 g/mol. The van der Waals surface area contributed by atoms with Gasteiger partial charge in [-0.05, 0) is 18.2 Å². The Morgan fingerprint density at radius 1 is 0.926 bits per heavy atom. The number of ether oxygens (including phenoxy) is 2. The Balaban J connectivity index is 2.14. The number of carbonyl (C=O) groups excluding carboxylic acids is 2. The minimum Gasteiger partial charge on any atom is -0.497 e. The van der Waals surface area contributed by atoms with Crippen LogP contribution in [0.3, 0.4) is 0 Å². The molecule has 0 saturated carbocycles. The van der Waals surface area contributed by atoms with E-state index in [1.54, 1.807) is 50.6 Å². The van der Waals surface area contributed by atoms with E-state index in [0.717, 1.165) is 0 Å². The van der Waals surface area contributed by atoms with E-state index in [9.17, 15) is 9.59 Å². The lowest BCUT2D eigenvalue weighted by Crippen LogP contribution is -2.31. The molecule has 140 valence electrons. The van der Waals surface area contributed by atoms with Crippen molar-refractivity contribution >= 4 is 34.8 Å². The molecule has 6 heteroatoms. The van der Waals surface area contributed by atoms with Crippen LogP contribution in [0.5, 0.6) is 11.5 Å². The SMILES string of the molecule is COc1cccc(N2C(=O)C(SC(C)C)=C(c3ccccc3OC)C2=O)c1. The van der Waals surface area contributed by atoms with Crippen molar-refractivity contribution in [1.29, 1.82) is 0 Å². The van der Waals surface area contributed by atoms with Crippen LogP contribution >= 0.6 is 11.8 Å². The van der Waals surface area contributed by atoms with E-state index in [-0.39, 0.29) is 17.1 Å². The predicted octanol–water partition coefficient (Wildman–Crippen LogP) is 4.13. The van der Waals surface area contributed by atoms with Gasteiger partial charge in [-0.15, -0.1) is 11.8 Å². The van der Waals surface area contributed by atoms with Crippen LogP contribution in [0.15, 0.2) is 53.4 Å². The summed E-state index contributed by atoms with van der Waals surface area (Å²) in [5.74, 6) is 0.452. The molecule has 0 aliphatic carbocycles. The number of hydrogen-bond acceptors (Lipinski definition) is 5. The van der Waals surface area contributed by atoms with Gasteiger partial charge in [0.15, 0.2) is 0 Å². The first-order chi connectivity index (χ1) is 13.0. The van der Waals surface area contributed by atoms with E-state index in [0.29, 0.717) is 33.2 Å². The first-order valence-corrected chi connectivity index (χ1v) is 9.43. The maximum absolute atomic E-state index is 13.3. The molecule has 1 heterocycles. The summed E-state index contributed by atoms with van der Waals surface area (Å²) >= 11 is 1.39. The van der Waals surface area contributed by atoms with Crippen LogP contribution in [0.2, 0.25) is 0 Å². The zero-order valence-electron chi connectivity index (χ0n) is 15.7. The fraction of sp³-hybridized carbons (Fsp3) is 0.238. The highest BCUT2D eigenvalue weighted by molar-refractivity contribution is 8.04. The second-order valence-corrected chi connectivity index (χ2v) is 7.80. The Labute approximate surface area is 163 Å². The van der Waals surface area contributed by atoms with Gasteiger partial charge in [0.1, 0.15) is 11.5 Å². The molecule has 0 N–H and O–H groups in total. The Bertz CT molecular complexity index is 920. The first-order valence-electron chi connectivity index (χ1n) is 8.55. The van der Waals surface area contributed by atoms with Gasteiger partial charge in [0.2, 0.25) is 0 Å². The molecule has 5 nitrogen and oxygen atoms in total. The monoisotopic (exact) mass is 383 g/mol. The molecule has 0 spiro atoms. The van der Waals surface area contributed by atoms with Crippen LogP contribution < -0.4 is 14.4 Å². The molecule has 0 unspecified atom stereocenters. The molecule has 1 aliphatic rings. The van der Waals surface area contributed by atoms with Crippen LogP contribution in [0.25, 0.3) is 5.57 Å². The molecule has 3 rings (SSSR count). The highest BCUT2D eigenvalue weighted by atomic mass is 32.2. The minimum absolute atomic E-state index is 0.145. The Morgan fingerprint density at radius 3 is 2.33 bits per heavy atom. The van der Waals surface area contributed by atoms with Crippen molar-refractivity contribution in [3.05, 3.63) is 59.0 Å². The summed E-state index contributed by atoms with van der Waals surface area (Å²) in [6, 6.07) is 14.2. The highest BCUT2D eigenvalue weighted by Gasteiger charge is 2.41. The summed E-state index contributed by atoms with van der Waals surface area (Å²) in [5, 5.41) is 0.145. The number of anilines is 1. The van der Waals surface area contributed by atoms with Crippen LogP contribution in [-0.4, -0.2) is 31.3 Å². The maximum atomic E-state index is 13.3. The third-order valence-electron chi connectivity index (χ3n) is 4.08. The lowest BCUT2D eigenvalue weighted by molar-refractivity contribution is -0.119. The van der Waals surface area contributed by atoms with Crippen molar-refractivity contribution in [2.24, 2.45) is 0 Å². The maximum Gasteiger partial charge on any atom is 0.272 e. The smallest absolute Gasteiger partial charge is 0.272 e. The van der Waals surface area contributed by atoms with Crippen molar-refractivity contribution in [2.45, 2.75) is 19.1 Å². The van der Waals surface area contributed by atoms with Crippen molar-refractivity contribution in [2.75, 3.05) is 19.1 Å². The molecule has 2 aromatic rings. The van der Waals surface area contributed by atoms with Gasteiger partial charge in [-0.25, -0.2) is 4.90 Å². The molecular formula is C21H21NO4S. The minimum atomic E-state index is -0.360. The van der Waals surface area contributed by atoms with Gasteiger partial charge in [0.25, 0.3) is 11.8 Å². The third-order valence-corrected chi connectivity index (χ3v) is 5.17. The van der Waals surface area contributed by atoms with Gasteiger partial charge in [0, 0.05) is 16.9 Å². The molecular weight excluding hydrogens is 362 g/mol. The van der Waals surface area contributed by atoms with E-state index in [2.05, 4.69) is 0 Å². The van der Waals surface area contributed by atoms with E-state index >= 15 is 0 Å². The number of thioether (sulfide) groups is 1. The van der Waals surface area contributed by atoms with Gasteiger partial charge in [-0.1, -0.05) is 38.1 Å². The molecule has 0 fully saturated rings. The van der Waals surface area contributed by atoms with Crippen molar-refractivity contribution in [3.63, 3.8) is 0 Å². The molecule has 0 saturated heterocycles. The van der Waals surface area contributed by atoms with Crippen molar-refractivity contribution in [1.82, 2.24) is 0 Å². The molecule has 1 aliphatic heterocycles. The zero-order chi connectivity index (χ0) is 19.6. The quantitative estimate of drug-likeness (QED) is 0.702. The molecule has 27 heavy (non-hydrogen) atoms. The second-order valence-electron chi connectivity index (χ2n) is 6.22. The number of carbonyl (C=O) groups is 2. The molecule has 2 aromatic carbocycles. The summed E-state index contributed by atoms with van der Waals surface area (Å²) in [4.78, 5) is 28.1. The van der Waals surface area contributed by atoms with Crippen LogP contribution in [-0.2, 0) is 9.59 Å². The summed E-state index contributed by atoms with van der Waals surface area (Å²) < 4.78 is 10.7. The summed E-state index contributed by atoms with van der Waals surface area (Å²) in [5.41, 5.74) is 1.47. The molecule has 0 radical (unpaired) electrons. The number of imide groups is 1. The van der Waals surface area contributed by atoms with E-state index in [1.165, 1.54) is 16.7 Å². The molecule has 0 bridgehead atoms. The Kier molecular flexibility index (Phi) is 5.56. The largest absolute Gasteiger partial charge is 0.497 e. The number of methoxy groups -OCH3 is 2. The van der Waals surface area contributed by atoms with Gasteiger partial charge >= 0.3 is 0 Å². The highest BCUT2D eigenvalue weighted by Crippen LogP contribution is 2.42. The summed E-state index contributed by atoms with van der Waals surface area (Å²) in [7, 11) is 3.10. The van der Waals surface area contributed by atoms with Crippen molar-refractivity contribution in [3.8, 4) is 11.5 Å². The predicted molar refractivity (Wildman–Crippen MR) is 108 cm³/mol. The van der Waals surface area contributed by atoms with Gasteiger partial charge in [0.05, 0.1) is 30.4 Å². The van der Waals surface area contributed by atoms with Gasteiger partial charge in [-0.2, -0.15) is 0 Å². The first kappa shape index (κ1) is 19.0. The van der Waals surface area contributed by atoms with Gasteiger partial charge in [-0.3, -0.25) is 9.59 Å². The third kappa shape index (κ3) is 3.57. The fourth-order valence-electron chi connectivity index (χ4n) is 2.93. The number of amides is 2. The lowest BCUT2D eigenvalue weighted by atomic mass is 10.0. The second kappa shape index (κ2) is 7.88. The Morgan fingerprint density at radius 2 is 1.67 bits per heavy atom. The molecule has 0 aromatic heterocycles. The summed E-state index contributed by atoms with van der Waals surface area (Å²) in [6.07, 6.45) is 0. The van der Waals surface area contributed by atoms with Crippen LogP contribution in [0.4, 0.5) is 5.69 Å². The number of para-hydroxylation sites is 1. The molecule has 0 atom stereocenters. The van der Waals surface area contributed by atoms with E-state index in [1.807, 2.05) is 26.0 Å². The number of benzene rings is 2. The standard InChI is InChI=1S/C21H21NO4S/c1-13(2)27-19-18(16-10-5-6-11-17(16)26-4)20(23)22(21(19)24)14-8-7-9-15(12-14)25-3/h5-13H,1-4H3. The lowest BCUT2D eigenvalue weighted by Gasteiger charge is -2.16. The van der Waals surface area contributed by atoms with E-state index < -0.39 is 0 Å². The average Bonchev–Trinajstić information content (AvgIpc) is 2.91. The Hall–Kier alpha value is -2.73. The number of nitrogens with zero attached hydrogens (tertiary/aromatic N) is 1. The molecule has 2 amide bonds. The van der Waals surface area contributed by atoms with Gasteiger partial charge < -0.3 is 9.47 Å². The van der Waals surface area contributed by atoms with Crippen LogP contribution in [0.1, 0.15) is 19.4 Å². The summed E-state index contributed by atoms with van der Waals surface area (Å²) in [6.45, 7) is 3.98. The zero-order valence-corrected chi connectivity index (χ0v) is 16.5. The normalized spacial score (nSPS) is 14.3. The van der Waals surface area contributed by atoms with E-state index in [4.69, 9.17) is 9.47 Å².